The molecule has 2 aromatic heterocycles. The predicted octanol–water partition coefficient (Wildman–Crippen LogP) is 4.78. The number of amides is 2. The average Bonchev–Trinajstić information content (AvgIpc) is 3.44. The van der Waals surface area contributed by atoms with E-state index in [2.05, 4.69) is 25.7 Å². The van der Waals surface area contributed by atoms with Crippen molar-refractivity contribution in [3.63, 3.8) is 0 Å². The minimum atomic E-state index is -0.834. The molecule has 212 valence electrons. The van der Waals surface area contributed by atoms with E-state index >= 15 is 0 Å². The number of nitrogens with one attached hydrogen (secondary N) is 2. The van der Waals surface area contributed by atoms with Gasteiger partial charge in [0, 0.05) is 37.3 Å². The smallest absolute Gasteiger partial charge is 0.273 e. The van der Waals surface area contributed by atoms with Gasteiger partial charge in [0.2, 0.25) is 5.91 Å². The Morgan fingerprint density at radius 1 is 1.02 bits per heavy atom. The average molecular weight is 556 g/mol. The van der Waals surface area contributed by atoms with E-state index < -0.39 is 41.4 Å². The molecular weight excluding hydrogens is 523 g/mol. The van der Waals surface area contributed by atoms with Crippen molar-refractivity contribution in [2.24, 2.45) is 5.92 Å². The molecule has 1 aliphatic heterocycles. The Kier molecular flexibility index (Phi) is 8.49. The van der Waals surface area contributed by atoms with Crippen LogP contribution in [0.1, 0.15) is 67.7 Å². The van der Waals surface area contributed by atoms with E-state index in [0.29, 0.717) is 24.7 Å². The number of benzene rings is 1. The quantitative estimate of drug-likeness (QED) is 0.435. The van der Waals surface area contributed by atoms with Crippen molar-refractivity contribution in [1.29, 1.82) is 0 Å². The lowest BCUT2D eigenvalue weighted by molar-refractivity contribution is -0.128. The van der Waals surface area contributed by atoms with Gasteiger partial charge in [0.05, 0.1) is 29.4 Å². The summed E-state index contributed by atoms with van der Waals surface area (Å²) in [5, 5.41) is 9.69. The fraction of sp³-hybridized carbons (Fsp3) is 0.448. The zero-order valence-corrected chi connectivity index (χ0v) is 22.2. The van der Waals surface area contributed by atoms with E-state index in [0.717, 1.165) is 50.6 Å². The summed E-state index contributed by atoms with van der Waals surface area (Å²) in [5.41, 5.74) is 0.435. The van der Waals surface area contributed by atoms with E-state index in [9.17, 15) is 22.8 Å². The van der Waals surface area contributed by atoms with E-state index in [1.165, 1.54) is 30.7 Å². The van der Waals surface area contributed by atoms with Crippen LogP contribution in [0, 0.1) is 23.4 Å². The molecule has 1 unspecified atom stereocenters. The second-order valence-corrected chi connectivity index (χ2v) is 10.6. The summed E-state index contributed by atoms with van der Waals surface area (Å²) in [6, 6.07) is 6.60. The highest BCUT2D eigenvalue weighted by atomic mass is 19.1. The highest BCUT2D eigenvalue weighted by molar-refractivity contribution is 5.94. The van der Waals surface area contributed by atoms with Gasteiger partial charge in [-0.15, -0.1) is 0 Å². The van der Waals surface area contributed by atoms with E-state index in [1.54, 1.807) is 6.92 Å². The third-order valence-corrected chi connectivity index (χ3v) is 7.88. The maximum absolute atomic E-state index is 14.2. The number of nitrogens with zero attached hydrogens (tertiary/aromatic N) is 3. The van der Waals surface area contributed by atoms with Gasteiger partial charge in [-0.1, -0.05) is 24.4 Å². The van der Waals surface area contributed by atoms with Gasteiger partial charge in [0.25, 0.3) is 5.91 Å². The van der Waals surface area contributed by atoms with E-state index in [4.69, 9.17) is 4.52 Å². The molecule has 0 bridgehead atoms. The summed E-state index contributed by atoms with van der Waals surface area (Å²) in [4.78, 5) is 33.1. The zero-order chi connectivity index (χ0) is 28.2. The van der Waals surface area contributed by atoms with Crippen molar-refractivity contribution in [2.75, 3.05) is 13.1 Å². The fourth-order valence-electron chi connectivity index (χ4n) is 5.67. The molecular formula is C29H32F3N5O3. The second kappa shape index (κ2) is 12.2. The Morgan fingerprint density at radius 3 is 2.52 bits per heavy atom. The molecule has 1 saturated carbocycles. The normalized spacial score (nSPS) is 21.1. The maximum atomic E-state index is 14.2. The summed E-state index contributed by atoms with van der Waals surface area (Å²) >= 11 is 0. The lowest BCUT2D eigenvalue weighted by atomic mass is 9.86. The van der Waals surface area contributed by atoms with Crippen LogP contribution in [0.4, 0.5) is 13.2 Å². The molecule has 0 spiro atoms. The van der Waals surface area contributed by atoms with E-state index in [1.807, 2.05) is 0 Å². The van der Waals surface area contributed by atoms with Gasteiger partial charge in [0.15, 0.2) is 11.5 Å². The Labute approximate surface area is 230 Å². The van der Waals surface area contributed by atoms with Gasteiger partial charge in [-0.25, -0.2) is 13.2 Å². The summed E-state index contributed by atoms with van der Waals surface area (Å²) in [6.45, 7) is 2.99. The van der Waals surface area contributed by atoms with Crippen LogP contribution < -0.4 is 10.6 Å². The first-order valence-corrected chi connectivity index (χ1v) is 13.7. The number of carbonyl (C=O) groups is 2. The highest BCUT2D eigenvalue weighted by Gasteiger charge is 2.38. The largest absolute Gasteiger partial charge is 0.355 e. The van der Waals surface area contributed by atoms with Gasteiger partial charge < -0.3 is 15.2 Å². The number of pyridine rings is 1. The molecule has 2 amide bonds. The molecule has 1 aromatic carbocycles. The molecule has 2 aliphatic rings. The minimum absolute atomic E-state index is 0.00955. The van der Waals surface area contributed by atoms with Crippen LogP contribution in [0.25, 0.3) is 11.3 Å². The van der Waals surface area contributed by atoms with Crippen LogP contribution in [0.15, 0.2) is 47.1 Å². The standard InChI is InChI=1S/C29H32F3N5O3/c1-17(24-10-8-19(31)15-33-24)34-28(38)22-16-37(20-5-3-2-4-6-20)12-11-25(22)35-29(39)26-14-27(40-36-26)21-9-7-18(30)13-23(21)32/h7-10,13-15,17,20,22,25H,2-6,11-12,16H2,1H3,(H,34,38)(H,35,39)/t17?,22-,25-/m0/s1. The molecule has 3 atom stereocenters. The molecule has 8 nitrogen and oxygen atoms in total. The van der Waals surface area contributed by atoms with Crippen molar-refractivity contribution < 1.29 is 27.3 Å². The molecule has 11 heteroatoms. The van der Waals surface area contributed by atoms with Crippen molar-refractivity contribution in [3.8, 4) is 11.3 Å². The Balaban J connectivity index is 1.31. The second-order valence-electron chi connectivity index (χ2n) is 10.6. The van der Waals surface area contributed by atoms with Crippen LogP contribution in [-0.2, 0) is 4.79 Å². The Morgan fingerprint density at radius 2 is 1.80 bits per heavy atom. The number of aromatic nitrogens is 2. The topological polar surface area (TPSA) is 100 Å². The Bertz CT molecular complexity index is 1340. The Hall–Kier alpha value is -3.73. The summed E-state index contributed by atoms with van der Waals surface area (Å²) in [7, 11) is 0. The molecule has 0 radical (unpaired) electrons. The molecule has 3 aromatic rings. The summed E-state index contributed by atoms with van der Waals surface area (Å²) < 4.78 is 46.0. The number of likely N-dealkylation sites (tertiary alicyclic amines) is 1. The lowest BCUT2D eigenvalue weighted by Crippen LogP contribution is -2.58. The SMILES string of the molecule is CC(NC(=O)[C@H]1CN(C2CCCCC2)CC[C@@H]1NC(=O)c1cc(-c2ccc(F)cc2F)on1)c1ccc(F)cn1. The van der Waals surface area contributed by atoms with Crippen LogP contribution >= 0.6 is 0 Å². The zero-order valence-electron chi connectivity index (χ0n) is 22.2. The number of piperidine rings is 1. The van der Waals surface area contributed by atoms with Crippen LogP contribution in [0.5, 0.6) is 0 Å². The lowest BCUT2D eigenvalue weighted by Gasteiger charge is -2.43. The summed E-state index contributed by atoms with van der Waals surface area (Å²) in [6.07, 6.45) is 7.38. The van der Waals surface area contributed by atoms with Crippen molar-refractivity contribution in [2.45, 2.75) is 63.6 Å². The van der Waals surface area contributed by atoms with E-state index in [-0.39, 0.29) is 22.9 Å². The monoisotopic (exact) mass is 555 g/mol. The molecule has 1 aliphatic carbocycles. The molecule has 2 fully saturated rings. The van der Waals surface area contributed by atoms with Crippen LogP contribution in [0.2, 0.25) is 0 Å². The molecule has 1 saturated heterocycles. The number of rotatable bonds is 7. The van der Waals surface area contributed by atoms with Gasteiger partial charge in [0.1, 0.15) is 17.5 Å². The van der Waals surface area contributed by atoms with Crippen molar-refractivity contribution in [3.05, 3.63) is 71.4 Å². The fourth-order valence-corrected chi connectivity index (χ4v) is 5.67. The number of halogens is 3. The van der Waals surface area contributed by atoms with Gasteiger partial charge in [-0.05, 0) is 50.5 Å². The summed E-state index contributed by atoms with van der Waals surface area (Å²) in [5.74, 6) is -3.38. The predicted molar refractivity (Wildman–Crippen MR) is 140 cm³/mol. The van der Waals surface area contributed by atoms with Crippen molar-refractivity contribution >= 4 is 11.8 Å². The first-order chi connectivity index (χ1) is 19.3. The number of hydrogen-bond acceptors (Lipinski definition) is 6. The molecule has 2 N–H and O–H groups in total. The molecule has 3 heterocycles. The maximum Gasteiger partial charge on any atom is 0.273 e. The number of hydrogen-bond donors (Lipinski definition) is 2. The third kappa shape index (κ3) is 6.35. The van der Waals surface area contributed by atoms with Gasteiger partial charge >= 0.3 is 0 Å². The minimum Gasteiger partial charge on any atom is -0.355 e. The highest BCUT2D eigenvalue weighted by Crippen LogP contribution is 2.29. The first-order valence-electron chi connectivity index (χ1n) is 13.7. The number of carbonyl (C=O) groups excluding carboxylic acids is 2. The third-order valence-electron chi connectivity index (χ3n) is 7.88. The molecule has 5 rings (SSSR count). The van der Waals surface area contributed by atoms with Crippen LogP contribution in [-0.4, -0.2) is 52.0 Å². The molecule has 40 heavy (non-hydrogen) atoms. The van der Waals surface area contributed by atoms with Crippen molar-refractivity contribution in [1.82, 2.24) is 25.7 Å². The van der Waals surface area contributed by atoms with Gasteiger partial charge in [-0.3, -0.25) is 19.5 Å². The first kappa shape index (κ1) is 27.8. The van der Waals surface area contributed by atoms with Crippen LogP contribution in [0.3, 0.4) is 0 Å². The van der Waals surface area contributed by atoms with Gasteiger partial charge in [-0.2, -0.15) is 0 Å².